The number of benzene rings is 2. The molecule has 1 amide bonds. The molecule has 0 atom stereocenters. The van der Waals surface area contributed by atoms with Gasteiger partial charge in [0.2, 0.25) is 10.0 Å². The average Bonchev–Trinajstić information content (AvgIpc) is 2.78. The van der Waals surface area contributed by atoms with E-state index in [1.54, 1.807) is 42.2 Å². The van der Waals surface area contributed by atoms with Gasteiger partial charge in [0.1, 0.15) is 0 Å². The number of carbonyl (C=O) groups excluding carboxylic acids is 1. The van der Waals surface area contributed by atoms with Gasteiger partial charge in [-0.15, -0.1) is 6.42 Å². The standard InChI is InChI=1S/C25H29IN2O3S/c1-4-18-27(32(30,31)22-14-8-7-9-15-22)19-12-5-6-13-20-28(25(29)21(2)3)24-17-11-10-16-23(24)26/h1,7-11,14-17H,2,5-6,12-13,18-20H2,3H3. The Labute approximate surface area is 205 Å². The second-order valence-electron chi connectivity index (χ2n) is 7.46. The molecule has 0 unspecified atom stereocenters. The first-order chi connectivity index (χ1) is 15.3. The van der Waals surface area contributed by atoms with Crippen molar-refractivity contribution < 1.29 is 13.2 Å². The monoisotopic (exact) mass is 564 g/mol. The minimum absolute atomic E-state index is 0.0462. The van der Waals surface area contributed by atoms with Crippen LogP contribution in [-0.2, 0) is 14.8 Å². The molecule has 32 heavy (non-hydrogen) atoms. The predicted octanol–water partition coefficient (Wildman–Crippen LogP) is 5.08. The van der Waals surface area contributed by atoms with Crippen molar-refractivity contribution in [3.8, 4) is 12.3 Å². The summed E-state index contributed by atoms with van der Waals surface area (Å²) in [6.45, 7) is 6.52. The van der Waals surface area contributed by atoms with Crippen LogP contribution in [0.15, 0.2) is 71.6 Å². The number of para-hydroxylation sites is 1. The topological polar surface area (TPSA) is 57.7 Å². The van der Waals surface area contributed by atoms with E-state index in [-0.39, 0.29) is 17.3 Å². The van der Waals surface area contributed by atoms with Gasteiger partial charge in [-0.25, -0.2) is 8.42 Å². The molecule has 0 aliphatic carbocycles. The van der Waals surface area contributed by atoms with E-state index in [0.29, 0.717) is 25.1 Å². The lowest BCUT2D eigenvalue weighted by Gasteiger charge is -2.24. The smallest absolute Gasteiger partial charge is 0.253 e. The Morgan fingerprint density at radius 2 is 1.59 bits per heavy atom. The molecule has 0 aliphatic rings. The van der Waals surface area contributed by atoms with E-state index in [2.05, 4.69) is 35.1 Å². The molecule has 0 radical (unpaired) electrons. The van der Waals surface area contributed by atoms with Crippen LogP contribution < -0.4 is 4.90 Å². The molecule has 7 heteroatoms. The van der Waals surface area contributed by atoms with Crippen LogP contribution in [-0.4, -0.2) is 38.3 Å². The summed E-state index contributed by atoms with van der Waals surface area (Å²) < 4.78 is 28.0. The first kappa shape index (κ1) is 26.1. The van der Waals surface area contributed by atoms with E-state index < -0.39 is 10.0 Å². The Bertz CT molecular complexity index is 1060. The number of hydrogen-bond acceptors (Lipinski definition) is 3. The maximum absolute atomic E-state index is 12.8. The lowest BCUT2D eigenvalue weighted by atomic mass is 10.1. The summed E-state index contributed by atoms with van der Waals surface area (Å²) in [6, 6.07) is 16.1. The number of rotatable bonds is 12. The summed E-state index contributed by atoms with van der Waals surface area (Å²) in [5, 5.41) is 0. The molecule has 0 saturated carbocycles. The number of carbonyl (C=O) groups is 1. The van der Waals surface area contributed by atoms with Crippen LogP contribution in [0.2, 0.25) is 0 Å². The third-order valence-electron chi connectivity index (χ3n) is 4.94. The van der Waals surface area contributed by atoms with Crippen LogP contribution in [0.5, 0.6) is 0 Å². The van der Waals surface area contributed by atoms with Crippen LogP contribution in [0.25, 0.3) is 0 Å². The van der Waals surface area contributed by atoms with E-state index in [0.717, 1.165) is 28.5 Å². The highest BCUT2D eigenvalue weighted by molar-refractivity contribution is 14.1. The number of unbranched alkanes of at least 4 members (excludes halogenated alkanes) is 3. The molecular weight excluding hydrogens is 535 g/mol. The van der Waals surface area contributed by atoms with Gasteiger partial charge in [0.05, 0.1) is 17.1 Å². The van der Waals surface area contributed by atoms with Gasteiger partial charge in [-0.2, -0.15) is 4.31 Å². The highest BCUT2D eigenvalue weighted by atomic mass is 127. The largest absolute Gasteiger partial charge is 0.308 e. The van der Waals surface area contributed by atoms with Gasteiger partial charge >= 0.3 is 0 Å². The molecule has 170 valence electrons. The van der Waals surface area contributed by atoms with Crippen molar-refractivity contribution in [1.29, 1.82) is 0 Å². The molecule has 0 heterocycles. The molecule has 2 aromatic carbocycles. The van der Waals surface area contributed by atoms with Gasteiger partial charge in [-0.3, -0.25) is 4.79 Å². The van der Waals surface area contributed by atoms with Crippen molar-refractivity contribution in [2.24, 2.45) is 0 Å². The third-order valence-corrected chi connectivity index (χ3v) is 7.71. The molecule has 0 aromatic heterocycles. The third kappa shape index (κ3) is 7.19. The van der Waals surface area contributed by atoms with Crippen molar-refractivity contribution in [3.63, 3.8) is 0 Å². The zero-order valence-corrected chi connectivity index (χ0v) is 21.3. The number of nitrogens with zero attached hydrogens (tertiary/aromatic N) is 2. The van der Waals surface area contributed by atoms with Gasteiger partial charge in [-0.05, 0) is 66.6 Å². The number of halogens is 1. The SMILES string of the molecule is C#CCN(CCCCCCN(C(=O)C(=C)C)c1ccccc1I)S(=O)(=O)c1ccccc1. The first-order valence-corrected chi connectivity index (χ1v) is 13.0. The minimum atomic E-state index is -3.60. The second-order valence-corrected chi connectivity index (χ2v) is 10.6. The number of anilines is 1. The molecule has 0 saturated heterocycles. The van der Waals surface area contributed by atoms with Gasteiger partial charge < -0.3 is 4.90 Å². The van der Waals surface area contributed by atoms with E-state index in [4.69, 9.17) is 6.42 Å². The van der Waals surface area contributed by atoms with Crippen LogP contribution in [0.1, 0.15) is 32.6 Å². The fraction of sp³-hybridized carbons (Fsp3) is 0.320. The van der Waals surface area contributed by atoms with Gasteiger partial charge in [-0.1, -0.05) is 55.7 Å². The van der Waals surface area contributed by atoms with Crippen molar-refractivity contribution in [2.75, 3.05) is 24.5 Å². The molecule has 0 fully saturated rings. The number of terminal acetylenes is 1. The second kappa shape index (κ2) is 12.8. The summed E-state index contributed by atoms with van der Waals surface area (Å²) in [4.78, 5) is 14.7. The molecule has 0 aliphatic heterocycles. The number of sulfonamides is 1. The molecule has 5 nitrogen and oxygen atoms in total. The van der Waals surface area contributed by atoms with Gasteiger partial charge in [0, 0.05) is 22.2 Å². The maximum atomic E-state index is 12.8. The summed E-state index contributed by atoms with van der Waals surface area (Å²) in [7, 11) is -3.60. The lowest BCUT2D eigenvalue weighted by molar-refractivity contribution is -0.115. The van der Waals surface area contributed by atoms with Gasteiger partial charge in [0.25, 0.3) is 5.91 Å². The van der Waals surface area contributed by atoms with Crippen LogP contribution in [0, 0.1) is 15.9 Å². The molecule has 0 bridgehead atoms. The van der Waals surface area contributed by atoms with E-state index >= 15 is 0 Å². The number of amides is 1. The Balaban J connectivity index is 1.91. The quantitative estimate of drug-likeness (QED) is 0.156. The zero-order chi connectivity index (χ0) is 23.6. The molecule has 2 rings (SSSR count). The molecule has 2 aromatic rings. The van der Waals surface area contributed by atoms with Crippen molar-refractivity contribution in [1.82, 2.24) is 4.31 Å². The zero-order valence-electron chi connectivity index (χ0n) is 18.3. The Hall–Kier alpha value is -2.15. The van der Waals surface area contributed by atoms with Crippen LogP contribution in [0.3, 0.4) is 0 Å². The fourth-order valence-corrected chi connectivity index (χ4v) is 5.36. The molecule has 0 spiro atoms. The number of hydrogen-bond donors (Lipinski definition) is 0. The summed E-state index contributed by atoms with van der Waals surface area (Å²) in [5.41, 5.74) is 1.39. The Morgan fingerprint density at radius 3 is 2.19 bits per heavy atom. The van der Waals surface area contributed by atoms with Crippen LogP contribution >= 0.6 is 22.6 Å². The van der Waals surface area contributed by atoms with Gasteiger partial charge in [0.15, 0.2) is 0 Å². The predicted molar refractivity (Wildman–Crippen MR) is 139 cm³/mol. The Kier molecular flexibility index (Phi) is 10.4. The molecule has 0 N–H and O–H groups in total. The first-order valence-electron chi connectivity index (χ1n) is 10.5. The normalized spacial score (nSPS) is 11.2. The highest BCUT2D eigenvalue weighted by Gasteiger charge is 2.23. The Morgan fingerprint density at radius 1 is 1.00 bits per heavy atom. The van der Waals surface area contributed by atoms with E-state index in [1.807, 2.05) is 24.3 Å². The van der Waals surface area contributed by atoms with Crippen molar-refractivity contribution in [3.05, 3.63) is 70.3 Å². The maximum Gasteiger partial charge on any atom is 0.253 e. The molecular formula is C25H29IN2O3S. The summed E-state index contributed by atoms with van der Waals surface area (Å²) >= 11 is 2.23. The van der Waals surface area contributed by atoms with Crippen molar-refractivity contribution in [2.45, 2.75) is 37.5 Å². The lowest BCUT2D eigenvalue weighted by Crippen LogP contribution is -2.33. The fourth-order valence-electron chi connectivity index (χ4n) is 3.27. The summed E-state index contributed by atoms with van der Waals surface area (Å²) in [5.74, 6) is 2.37. The summed E-state index contributed by atoms with van der Waals surface area (Å²) in [6.07, 6.45) is 8.63. The van der Waals surface area contributed by atoms with Crippen LogP contribution in [0.4, 0.5) is 5.69 Å². The van der Waals surface area contributed by atoms with E-state index in [1.165, 1.54) is 4.31 Å². The van der Waals surface area contributed by atoms with E-state index in [9.17, 15) is 13.2 Å². The van der Waals surface area contributed by atoms with Crippen molar-refractivity contribution >= 4 is 44.2 Å². The minimum Gasteiger partial charge on any atom is -0.308 e. The average molecular weight is 564 g/mol. The highest BCUT2D eigenvalue weighted by Crippen LogP contribution is 2.24.